The fourth-order valence-corrected chi connectivity index (χ4v) is 6.66. The van der Waals surface area contributed by atoms with Gasteiger partial charge in [0.25, 0.3) is 11.5 Å². The Hall–Kier alpha value is -5.47. The van der Waals surface area contributed by atoms with Gasteiger partial charge >= 0.3 is 6.18 Å². The van der Waals surface area contributed by atoms with Crippen LogP contribution in [0.3, 0.4) is 0 Å². The number of alkyl halides is 3. The first-order chi connectivity index (χ1) is 25.6. The standard InChI is InChI=1S/C39H40F3N7O4/c1-3-52-34-22-30(48-16-14-47(2)15-17-48)12-13-33(34)45-38-43-23-27-21-32(37(51)49(35(27)46-38)24-31-11-6-18-53-31)25-7-5-10-29(20-25)44-36(50)26-8-4-9-28(19-26)39(40,41)42/h4-5,7-10,12-13,19-23,31H,3,6,11,14-18,24H2,1-2H3,(H,44,50)(H,43,45,46)/t31-/m1/s1. The van der Waals surface area contributed by atoms with Gasteiger partial charge in [0.05, 0.1) is 30.5 Å². The van der Waals surface area contributed by atoms with Crippen molar-refractivity contribution in [3.05, 3.63) is 100 Å². The lowest BCUT2D eigenvalue weighted by atomic mass is 10.0. The number of benzene rings is 3. The summed E-state index contributed by atoms with van der Waals surface area (Å²) in [7, 11) is 2.12. The molecule has 0 radical (unpaired) electrons. The Bertz CT molecular complexity index is 2180. The molecule has 5 aromatic rings. The van der Waals surface area contributed by atoms with Gasteiger partial charge < -0.3 is 29.9 Å². The van der Waals surface area contributed by atoms with Crippen molar-refractivity contribution in [1.29, 1.82) is 0 Å². The van der Waals surface area contributed by atoms with Gasteiger partial charge in [-0.2, -0.15) is 18.2 Å². The van der Waals surface area contributed by atoms with Crippen LogP contribution in [0.15, 0.2) is 83.8 Å². The summed E-state index contributed by atoms with van der Waals surface area (Å²) in [5.41, 5.74) is 1.97. The summed E-state index contributed by atoms with van der Waals surface area (Å²) in [5, 5.41) is 6.57. The van der Waals surface area contributed by atoms with Crippen molar-refractivity contribution < 1.29 is 27.4 Å². The van der Waals surface area contributed by atoms with Crippen LogP contribution in [0.1, 0.15) is 35.7 Å². The fourth-order valence-electron chi connectivity index (χ4n) is 6.66. The predicted molar refractivity (Wildman–Crippen MR) is 198 cm³/mol. The summed E-state index contributed by atoms with van der Waals surface area (Å²) in [4.78, 5) is 41.3. The van der Waals surface area contributed by atoms with Gasteiger partial charge in [0.15, 0.2) is 0 Å². The third-order valence-electron chi connectivity index (χ3n) is 9.50. The molecule has 0 spiro atoms. The Kier molecular flexibility index (Phi) is 10.3. The normalized spacial score (nSPS) is 16.5. The van der Waals surface area contributed by atoms with Crippen LogP contribution in [0.5, 0.6) is 5.75 Å². The van der Waals surface area contributed by atoms with Crippen molar-refractivity contribution in [2.45, 2.75) is 38.6 Å². The summed E-state index contributed by atoms with van der Waals surface area (Å²) < 4.78 is 53.3. The average Bonchev–Trinajstić information content (AvgIpc) is 3.67. The van der Waals surface area contributed by atoms with Gasteiger partial charge in [0.1, 0.15) is 11.4 Å². The first kappa shape index (κ1) is 35.9. The van der Waals surface area contributed by atoms with Crippen LogP contribution >= 0.6 is 0 Å². The lowest BCUT2D eigenvalue weighted by Crippen LogP contribution is -2.44. The molecule has 2 aliphatic heterocycles. The summed E-state index contributed by atoms with van der Waals surface area (Å²) in [6.07, 6.45) is -1.43. The van der Waals surface area contributed by atoms with Crippen molar-refractivity contribution >= 4 is 40.0 Å². The second-order valence-electron chi connectivity index (χ2n) is 13.2. The first-order valence-corrected chi connectivity index (χ1v) is 17.6. The Balaban J connectivity index is 1.20. The molecule has 4 heterocycles. The number of likely N-dealkylation sites (N-methyl/N-ethyl adjacent to an activating group) is 1. The van der Waals surface area contributed by atoms with E-state index in [-0.39, 0.29) is 23.8 Å². The molecule has 14 heteroatoms. The minimum Gasteiger partial charge on any atom is -0.492 e. The van der Waals surface area contributed by atoms with E-state index in [9.17, 15) is 22.8 Å². The first-order valence-electron chi connectivity index (χ1n) is 17.6. The maximum Gasteiger partial charge on any atom is 0.416 e. The molecule has 0 aliphatic carbocycles. The average molecular weight is 728 g/mol. The van der Waals surface area contributed by atoms with E-state index in [1.807, 2.05) is 25.1 Å². The molecule has 0 unspecified atom stereocenters. The highest BCUT2D eigenvalue weighted by Gasteiger charge is 2.31. The smallest absolute Gasteiger partial charge is 0.416 e. The van der Waals surface area contributed by atoms with Crippen molar-refractivity contribution in [3.63, 3.8) is 0 Å². The number of rotatable bonds is 10. The molecule has 2 aliphatic rings. The number of carbonyl (C=O) groups excluding carboxylic acids is 1. The van der Waals surface area contributed by atoms with Gasteiger partial charge in [-0.3, -0.25) is 14.2 Å². The second-order valence-corrected chi connectivity index (χ2v) is 13.2. The summed E-state index contributed by atoms with van der Waals surface area (Å²) in [6, 6.07) is 18.6. The fraction of sp³-hybridized carbons (Fsp3) is 0.333. The number of hydrogen-bond acceptors (Lipinski definition) is 9. The molecule has 0 saturated carbocycles. The Morgan fingerprint density at radius 1 is 1.02 bits per heavy atom. The number of nitrogens with zero attached hydrogens (tertiary/aromatic N) is 5. The van der Waals surface area contributed by atoms with Crippen molar-refractivity contribution in [2.24, 2.45) is 0 Å². The zero-order valence-corrected chi connectivity index (χ0v) is 29.4. The van der Waals surface area contributed by atoms with Crippen molar-refractivity contribution in [3.8, 4) is 16.9 Å². The maximum absolute atomic E-state index is 14.3. The zero-order valence-electron chi connectivity index (χ0n) is 29.4. The quantitative estimate of drug-likeness (QED) is 0.160. The number of anilines is 4. The lowest BCUT2D eigenvalue weighted by molar-refractivity contribution is -0.137. The molecule has 276 valence electrons. The molecule has 2 saturated heterocycles. The van der Waals surface area contributed by atoms with Crippen LogP contribution in [0.2, 0.25) is 0 Å². The Morgan fingerprint density at radius 2 is 1.83 bits per heavy atom. The number of ether oxygens (including phenoxy) is 2. The molecule has 2 aromatic heterocycles. The number of piperazine rings is 1. The minimum atomic E-state index is -4.58. The lowest BCUT2D eigenvalue weighted by Gasteiger charge is -2.34. The molecule has 2 fully saturated rings. The third kappa shape index (κ3) is 8.13. The maximum atomic E-state index is 14.3. The van der Waals surface area contributed by atoms with E-state index in [1.54, 1.807) is 41.1 Å². The number of halogens is 3. The summed E-state index contributed by atoms with van der Waals surface area (Å²) in [5.74, 6) is 0.246. The van der Waals surface area contributed by atoms with Crippen LogP contribution < -0.4 is 25.8 Å². The van der Waals surface area contributed by atoms with Gasteiger partial charge in [0.2, 0.25) is 5.95 Å². The highest BCUT2D eigenvalue weighted by atomic mass is 19.4. The minimum absolute atomic E-state index is 0.143. The number of pyridine rings is 1. The molecule has 3 aromatic carbocycles. The molecule has 0 bridgehead atoms. The second kappa shape index (κ2) is 15.2. The van der Waals surface area contributed by atoms with Gasteiger partial charge in [0, 0.05) is 72.9 Å². The topological polar surface area (TPSA) is 114 Å². The Morgan fingerprint density at radius 3 is 2.58 bits per heavy atom. The van der Waals surface area contributed by atoms with E-state index < -0.39 is 17.6 Å². The van der Waals surface area contributed by atoms with E-state index >= 15 is 0 Å². The van der Waals surface area contributed by atoms with E-state index in [0.717, 1.165) is 56.8 Å². The number of nitrogens with one attached hydrogen (secondary N) is 2. The van der Waals surface area contributed by atoms with Crippen LogP contribution in [0, 0.1) is 0 Å². The van der Waals surface area contributed by atoms with Gasteiger partial charge in [-0.05, 0) is 80.9 Å². The SMILES string of the molecule is CCOc1cc(N2CCN(C)CC2)ccc1Nc1ncc2cc(-c3cccc(NC(=O)c4cccc(C(F)(F)F)c4)c3)c(=O)n(C[C@H]3CCCO3)c2n1. The Labute approximate surface area is 304 Å². The van der Waals surface area contributed by atoms with Gasteiger partial charge in [-0.1, -0.05) is 18.2 Å². The predicted octanol–water partition coefficient (Wildman–Crippen LogP) is 6.80. The summed E-state index contributed by atoms with van der Waals surface area (Å²) in [6.45, 7) is 7.09. The molecule has 53 heavy (non-hydrogen) atoms. The number of carbonyl (C=O) groups is 1. The van der Waals surface area contributed by atoms with Crippen LogP contribution in [-0.4, -0.2) is 77.9 Å². The number of aromatic nitrogens is 3. The molecule has 11 nitrogen and oxygen atoms in total. The van der Waals surface area contributed by atoms with Gasteiger partial charge in [-0.15, -0.1) is 0 Å². The van der Waals surface area contributed by atoms with Crippen LogP contribution in [-0.2, 0) is 17.5 Å². The molecule has 2 N–H and O–H groups in total. The van der Waals surface area contributed by atoms with E-state index in [4.69, 9.17) is 14.5 Å². The monoisotopic (exact) mass is 727 g/mol. The number of amides is 1. The molecular weight excluding hydrogens is 687 g/mol. The molecular formula is C39H40F3N7O4. The molecule has 1 amide bonds. The number of fused-ring (bicyclic) bond motifs is 1. The molecule has 7 rings (SSSR count). The zero-order chi connectivity index (χ0) is 37.1. The van der Waals surface area contributed by atoms with E-state index in [0.29, 0.717) is 58.4 Å². The number of hydrogen-bond donors (Lipinski definition) is 2. The van der Waals surface area contributed by atoms with Crippen LogP contribution in [0.4, 0.5) is 36.2 Å². The molecule has 1 atom stereocenters. The summed E-state index contributed by atoms with van der Waals surface area (Å²) >= 11 is 0. The highest BCUT2D eigenvalue weighted by molar-refractivity contribution is 6.04. The van der Waals surface area contributed by atoms with E-state index in [2.05, 4.69) is 32.5 Å². The van der Waals surface area contributed by atoms with Crippen molar-refractivity contribution in [2.75, 3.05) is 62.0 Å². The van der Waals surface area contributed by atoms with Crippen molar-refractivity contribution in [1.82, 2.24) is 19.4 Å². The van der Waals surface area contributed by atoms with E-state index in [1.165, 1.54) is 12.1 Å². The van der Waals surface area contributed by atoms with Crippen LogP contribution in [0.25, 0.3) is 22.2 Å². The highest BCUT2D eigenvalue weighted by Crippen LogP contribution is 2.33. The van der Waals surface area contributed by atoms with Gasteiger partial charge in [-0.25, -0.2) is 4.98 Å². The largest absolute Gasteiger partial charge is 0.492 e. The third-order valence-corrected chi connectivity index (χ3v) is 9.50.